The number of halogens is 1. The van der Waals surface area contributed by atoms with E-state index in [-0.39, 0.29) is 30.1 Å². The van der Waals surface area contributed by atoms with Crippen molar-refractivity contribution in [3.05, 3.63) is 0 Å². The standard InChI is InChI=1S/C23H43N5O2.HI/c1-5-24-21(26-19-12-14-27(17-19)20-10-6-7-11-20)25-15-18-9-8-13-28(16-18)22(29)30-23(2,3)4;/h18-20H,5-17H2,1-4H3,(H2,24,25,26);1H. The van der Waals surface area contributed by atoms with Gasteiger partial charge in [-0.3, -0.25) is 9.89 Å². The van der Waals surface area contributed by atoms with Gasteiger partial charge in [0.1, 0.15) is 5.60 Å². The van der Waals surface area contributed by atoms with E-state index in [1.165, 1.54) is 38.6 Å². The fourth-order valence-corrected chi connectivity index (χ4v) is 4.95. The molecule has 2 aliphatic heterocycles. The minimum Gasteiger partial charge on any atom is -0.444 e. The second-order valence-corrected chi connectivity index (χ2v) is 10.2. The predicted molar refractivity (Wildman–Crippen MR) is 137 cm³/mol. The van der Waals surface area contributed by atoms with E-state index in [4.69, 9.17) is 9.73 Å². The summed E-state index contributed by atoms with van der Waals surface area (Å²) < 4.78 is 5.55. The van der Waals surface area contributed by atoms with Crippen molar-refractivity contribution in [3.8, 4) is 0 Å². The van der Waals surface area contributed by atoms with E-state index in [2.05, 4.69) is 22.5 Å². The van der Waals surface area contributed by atoms with Gasteiger partial charge in [-0.25, -0.2) is 4.79 Å². The molecule has 2 atom stereocenters. The van der Waals surface area contributed by atoms with Crippen LogP contribution in [-0.4, -0.2) is 78.8 Å². The van der Waals surface area contributed by atoms with Crippen LogP contribution in [-0.2, 0) is 4.74 Å². The summed E-state index contributed by atoms with van der Waals surface area (Å²) in [6, 6.07) is 1.28. The van der Waals surface area contributed by atoms with E-state index >= 15 is 0 Å². The van der Waals surface area contributed by atoms with E-state index in [9.17, 15) is 4.79 Å². The maximum atomic E-state index is 12.4. The van der Waals surface area contributed by atoms with Crippen molar-refractivity contribution in [2.75, 3.05) is 39.3 Å². The zero-order valence-electron chi connectivity index (χ0n) is 20.0. The average Bonchev–Trinajstić information content (AvgIpc) is 3.37. The summed E-state index contributed by atoms with van der Waals surface area (Å²) in [5.74, 6) is 1.31. The summed E-state index contributed by atoms with van der Waals surface area (Å²) in [4.78, 5) is 21.8. The normalized spacial score (nSPS) is 25.9. The smallest absolute Gasteiger partial charge is 0.410 e. The van der Waals surface area contributed by atoms with Gasteiger partial charge in [0, 0.05) is 51.4 Å². The van der Waals surface area contributed by atoms with E-state index in [0.29, 0.717) is 12.0 Å². The van der Waals surface area contributed by atoms with Crippen molar-refractivity contribution in [1.82, 2.24) is 20.4 Å². The summed E-state index contributed by atoms with van der Waals surface area (Å²) in [5, 5.41) is 7.08. The van der Waals surface area contributed by atoms with E-state index in [0.717, 1.165) is 57.6 Å². The van der Waals surface area contributed by atoms with Crippen LogP contribution in [0.1, 0.15) is 72.6 Å². The number of nitrogens with zero attached hydrogens (tertiary/aromatic N) is 3. The lowest BCUT2D eigenvalue weighted by molar-refractivity contribution is 0.0170. The van der Waals surface area contributed by atoms with Crippen molar-refractivity contribution in [2.24, 2.45) is 10.9 Å². The Morgan fingerprint density at radius 3 is 2.48 bits per heavy atom. The SMILES string of the molecule is CCNC(=NCC1CCCN(C(=O)OC(C)(C)C)C1)NC1CCN(C2CCCC2)C1.I. The van der Waals surface area contributed by atoms with Crippen LogP contribution in [0.4, 0.5) is 4.79 Å². The molecule has 31 heavy (non-hydrogen) atoms. The largest absolute Gasteiger partial charge is 0.444 e. The number of aliphatic imine (C=N–C) groups is 1. The lowest BCUT2D eigenvalue weighted by Gasteiger charge is -2.33. The molecule has 1 amide bonds. The second kappa shape index (κ2) is 12.5. The van der Waals surface area contributed by atoms with Gasteiger partial charge >= 0.3 is 6.09 Å². The first-order valence-electron chi connectivity index (χ1n) is 12.1. The quantitative estimate of drug-likeness (QED) is 0.310. The van der Waals surface area contributed by atoms with Crippen LogP contribution in [0.15, 0.2) is 4.99 Å². The van der Waals surface area contributed by atoms with Crippen LogP contribution in [0.2, 0.25) is 0 Å². The zero-order valence-corrected chi connectivity index (χ0v) is 22.3. The monoisotopic (exact) mass is 549 g/mol. The van der Waals surface area contributed by atoms with Gasteiger partial charge in [0.05, 0.1) is 0 Å². The molecule has 2 unspecified atom stereocenters. The number of hydrogen-bond acceptors (Lipinski definition) is 4. The molecular formula is C23H44IN5O2. The third-order valence-corrected chi connectivity index (χ3v) is 6.42. The summed E-state index contributed by atoms with van der Waals surface area (Å²) in [5.41, 5.74) is -0.446. The number of nitrogens with one attached hydrogen (secondary N) is 2. The highest BCUT2D eigenvalue weighted by Gasteiger charge is 2.31. The molecule has 2 saturated heterocycles. The molecule has 0 aromatic heterocycles. The van der Waals surface area contributed by atoms with Gasteiger partial charge < -0.3 is 20.3 Å². The van der Waals surface area contributed by atoms with Crippen molar-refractivity contribution in [3.63, 3.8) is 0 Å². The molecule has 8 heteroatoms. The van der Waals surface area contributed by atoms with Crippen molar-refractivity contribution in [2.45, 2.75) is 90.3 Å². The van der Waals surface area contributed by atoms with Gasteiger partial charge in [-0.05, 0) is 65.7 Å². The lowest BCUT2D eigenvalue weighted by Crippen LogP contribution is -2.46. The lowest BCUT2D eigenvalue weighted by atomic mass is 9.98. The molecule has 180 valence electrons. The number of rotatable bonds is 5. The first kappa shape index (κ1) is 26.5. The Hall–Kier alpha value is -0.770. The molecule has 1 aliphatic carbocycles. The van der Waals surface area contributed by atoms with Gasteiger partial charge in [-0.15, -0.1) is 24.0 Å². The molecule has 0 aromatic rings. The first-order chi connectivity index (χ1) is 14.3. The van der Waals surface area contributed by atoms with Crippen LogP contribution in [0.3, 0.4) is 0 Å². The summed E-state index contributed by atoms with van der Waals surface area (Å²) in [7, 11) is 0. The highest BCUT2D eigenvalue weighted by molar-refractivity contribution is 14.0. The third-order valence-electron chi connectivity index (χ3n) is 6.42. The molecule has 2 N–H and O–H groups in total. The maximum absolute atomic E-state index is 12.4. The Bertz CT molecular complexity index is 589. The number of carbonyl (C=O) groups is 1. The van der Waals surface area contributed by atoms with Gasteiger partial charge in [0.2, 0.25) is 0 Å². The second-order valence-electron chi connectivity index (χ2n) is 10.2. The summed E-state index contributed by atoms with van der Waals surface area (Å²) >= 11 is 0. The average molecular weight is 550 g/mol. The molecule has 0 radical (unpaired) electrons. The number of amides is 1. The molecule has 2 heterocycles. The van der Waals surface area contributed by atoms with E-state index in [1.54, 1.807) is 0 Å². The fourth-order valence-electron chi connectivity index (χ4n) is 4.95. The molecule has 3 fully saturated rings. The van der Waals surface area contributed by atoms with Crippen molar-refractivity contribution < 1.29 is 9.53 Å². The van der Waals surface area contributed by atoms with Gasteiger partial charge in [0.15, 0.2) is 5.96 Å². The van der Waals surface area contributed by atoms with Crippen LogP contribution in [0, 0.1) is 5.92 Å². The fraction of sp³-hybridized carbons (Fsp3) is 0.913. The minimum atomic E-state index is -0.446. The number of hydrogen-bond donors (Lipinski definition) is 2. The number of ether oxygens (including phenoxy) is 1. The Balaban J connectivity index is 0.00000341. The minimum absolute atomic E-state index is 0. The Labute approximate surface area is 206 Å². The molecule has 3 aliphatic rings. The number of likely N-dealkylation sites (tertiary alicyclic amines) is 2. The summed E-state index contributed by atoms with van der Waals surface area (Å²) in [6.07, 6.45) is 8.66. The maximum Gasteiger partial charge on any atom is 0.410 e. The number of piperidine rings is 1. The molecule has 0 aromatic carbocycles. The van der Waals surface area contributed by atoms with E-state index in [1.807, 2.05) is 25.7 Å². The highest BCUT2D eigenvalue weighted by Crippen LogP contribution is 2.26. The van der Waals surface area contributed by atoms with Crippen molar-refractivity contribution in [1.29, 1.82) is 0 Å². The molecule has 7 nitrogen and oxygen atoms in total. The molecule has 0 bridgehead atoms. The first-order valence-corrected chi connectivity index (χ1v) is 12.1. The molecule has 1 saturated carbocycles. The number of guanidine groups is 1. The van der Waals surface area contributed by atoms with Crippen LogP contribution < -0.4 is 10.6 Å². The molecule has 3 rings (SSSR count). The van der Waals surface area contributed by atoms with Crippen LogP contribution in [0.5, 0.6) is 0 Å². The summed E-state index contributed by atoms with van der Waals surface area (Å²) in [6.45, 7) is 13.3. The topological polar surface area (TPSA) is 69.2 Å². The third kappa shape index (κ3) is 8.59. The predicted octanol–water partition coefficient (Wildman–Crippen LogP) is 3.82. The van der Waals surface area contributed by atoms with Crippen molar-refractivity contribution >= 4 is 36.0 Å². The molecule has 0 spiro atoms. The van der Waals surface area contributed by atoms with Gasteiger partial charge in [-0.1, -0.05) is 12.8 Å². The Kier molecular flexibility index (Phi) is 10.6. The van der Waals surface area contributed by atoms with E-state index < -0.39 is 5.60 Å². The zero-order chi connectivity index (χ0) is 21.6. The molecular weight excluding hydrogens is 505 g/mol. The number of carbonyl (C=O) groups excluding carboxylic acids is 1. The van der Waals surface area contributed by atoms with Crippen LogP contribution in [0.25, 0.3) is 0 Å². The van der Waals surface area contributed by atoms with Gasteiger partial charge in [-0.2, -0.15) is 0 Å². The highest BCUT2D eigenvalue weighted by atomic mass is 127. The Morgan fingerprint density at radius 1 is 1.06 bits per heavy atom. The van der Waals surface area contributed by atoms with Gasteiger partial charge in [0.25, 0.3) is 0 Å². The van der Waals surface area contributed by atoms with Crippen LogP contribution >= 0.6 is 24.0 Å². The Morgan fingerprint density at radius 2 is 1.81 bits per heavy atom.